The van der Waals surface area contributed by atoms with E-state index in [1.807, 2.05) is 4.90 Å². The van der Waals surface area contributed by atoms with E-state index < -0.39 is 0 Å². The third-order valence-electron chi connectivity index (χ3n) is 3.43. The number of likely N-dealkylation sites (tertiary alicyclic amines) is 1. The van der Waals surface area contributed by atoms with Crippen molar-refractivity contribution in [3.63, 3.8) is 0 Å². The quantitative estimate of drug-likeness (QED) is 0.632. The first-order valence-corrected chi connectivity index (χ1v) is 6.00. The summed E-state index contributed by atoms with van der Waals surface area (Å²) in [7, 11) is 0. The number of hydrogen-bond acceptors (Lipinski definition) is 3. The van der Waals surface area contributed by atoms with Gasteiger partial charge >= 0.3 is 0 Å². The Balaban J connectivity index is 1.84. The number of nitrogens with one attached hydrogen (secondary N) is 2. The van der Waals surface area contributed by atoms with Crippen LogP contribution in [0.3, 0.4) is 0 Å². The third-order valence-corrected chi connectivity index (χ3v) is 3.43. The van der Waals surface area contributed by atoms with Gasteiger partial charge in [-0.05, 0) is 18.8 Å². The molecular formula is C11H21N3O. The van der Waals surface area contributed by atoms with Gasteiger partial charge in [-0.15, -0.1) is 0 Å². The molecule has 2 heterocycles. The fourth-order valence-corrected chi connectivity index (χ4v) is 2.28. The minimum Gasteiger partial charge on any atom is -0.341 e. The molecule has 1 unspecified atom stereocenters. The maximum absolute atomic E-state index is 12.1. The molecule has 2 N–H and O–H groups in total. The van der Waals surface area contributed by atoms with E-state index in [1.165, 1.54) is 0 Å². The first-order valence-electron chi connectivity index (χ1n) is 6.00. The van der Waals surface area contributed by atoms with Crippen molar-refractivity contribution in [1.29, 1.82) is 0 Å². The first-order chi connectivity index (χ1) is 7.27. The highest BCUT2D eigenvalue weighted by molar-refractivity contribution is 5.82. The number of carbonyl (C=O) groups is 1. The zero-order valence-electron chi connectivity index (χ0n) is 9.46. The smallest absolute Gasteiger partial charge is 0.241 e. The number of nitrogens with zero attached hydrogens (tertiary/aromatic N) is 1. The van der Waals surface area contributed by atoms with Gasteiger partial charge in [-0.25, -0.2) is 0 Å². The lowest BCUT2D eigenvalue weighted by Gasteiger charge is -2.34. The molecule has 1 amide bonds. The van der Waals surface area contributed by atoms with Crippen LogP contribution in [-0.2, 0) is 4.79 Å². The number of piperidine rings is 1. The Kier molecular flexibility index (Phi) is 3.59. The summed E-state index contributed by atoms with van der Waals surface area (Å²) in [6.07, 6.45) is 2.32. The lowest BCUT2D eigenvalue weighted by molar-refractivity contribution is -0.135. The van der Waals surface area contributed by atoms with Crippen LogP contribution in [0.25, 0.3) is 0 Å². The summed E-state index contributed by atoms with van der Waals surface area (Å²) in [5.74, 6) is 1.07. The second kappa shape index (κ2) is 4.94. The molecular weight excluding hydrogens is 190 g/mol. The van der Waals surface area contributed by atoms with Crippen LogP contribution in [0.2, 0.25) is 0 Å². The minimum absolute atomic E-state index is 0.00663. The highest BCUT2D eigenvalue weighted by Gasteiger charge is 2.27. The Bertz CT molecular complexity index is 218. The van der Waals surface area contributed by atoms with E-state index in [9.17, 15) is 4.79 Å². The average molecular weight is 211 g/mol. The molecule has 0 aromatic heterocycles. The van der Waals surface area contributed by atoms with Crippen LogP contribution in [0, 0.1) is 5.92 Å². The van der Waals surface area contributed by atoms with Crippen molar-refractivity contribution in [2.45, 2.75) is 25.8 Å². The molecule has 15 heavy (non-hydrogen) atoms. The van der Waals surface area contributed by atoms with Gasteiger partial charge in [-0.1, -0.05) is 6.92 Å². The monoisotopic (exact) mass is 211 g/mol. The van der Waals surface area contributed by atoms with Crippen molar-refractivity contribution in [2.24, 2.45) is 5.92 Å². The molecule has 0 radical (unpaired) electrons. The summed E-state index contributed by atoms with van der Waals surface area (Å²) in [5, 5.41) is 6.53. The number of carbonyl (C=O) groups excluding carboxylic acids is 1. The van der Waals surface area contributed by atoms with Crippen LogP contribution in [0.5, 0.6) is 0 Å². The van der Waals surface area contributed by atoms with Crippen LogP contribution >= 0.6 is 0 Å². The van der Waals surface area contributed by atoms with Gasteiger partial charge in [-0.2, -0.15) is 0 Å². The van der Waals surface area contributed by atoms with Crippen molar-refractivity contribution in [2.75, 3.05) is 32.7 Å². The zero-order valence-corrected chi connectivity index (χ0v) is 9.46. The van der Waals surface area contributed by atoms with Crippen LogP contribution in [0.4, 0.5) is 0 Å². The topological polar surface area (TPSA) is 44.4 Å². The van der Waals surface area contributed by atoms with Gasteiger partial charge in [0, 0.05) is 32.7 Å². The fourth-order valence-electron chi connectivity index (χ4n) is 2.28. The van der Waals surface area contributed by atoms with Gasteiger partial charge in [0.1, 0.15) is 0 Å². The molecule has 2 rings (SSSR count). The summed E-state index contributed by atoms with van der Waals surface area (Å²) in [6, 6.07) is 0.00663. The normalized spacial score (nSPS) is 29.1. The fraction of sp³-hybridized carbons (Fsp3) is 0.909. The van der Waals surface area contributed by atoms with Gasteiger partial charge in [-0.3, -0.25) is 4.79 Å². The van der Waals surface area contributed by atoms with E-state index in [1.54, 1.807) is 0 Å². The van der Waals surface area contributed by atoms with Gasteiger partial charge in [0.15, 0.2) is 0 Å². The highest BCUT2D eigenvalue weighted by Crippen LogP contribution is 2.16. The molecule has 2 aliphatic rings. The van der Waals surface area contributed by atoms with E-state index >= 15 is 0 Å². The van der Waals surface area contributed by atoms with Crippen LogP contribution in [0.1, 0.15) is 19.8 Å². The van der Waals surface area contributed by atoms with Crippen LogP contribution < -0.4 is 10.6 Å². The van der Waals surface area contributed by atoms with E-state index in [0.29, 0.717) is 0 Å². The second-order valence-electron chi connectivity index (χ2n) is 4.72. The molecule has 4 nitrogen and oxygen atoms in total. The molecule has 0 saturated carbocycles. The standard InChI is InChI=1S/C11H21N3O/c1-9-2-6-14(7-3-9)11(15)10-8-12-4-5-13-10/h9-10,12-13H,2-8H2,1H3. The molecule has 2 aliphatic heterocycles. The molecule has 0 bridgehead atoms. The summed E-state index contributed by atoms with van der Waals surface area (Å²) < 4.78 is 0. The lowest BCUT2D eigenvalue weighted by atomic mass is 9.98. The third kappa shape index (κ3) is 2.69. The second-order valence-corrected chi connectivity index (χ2v) is 4.72. The molecule has 0 aromatic carbocycles. The Morgan fingerprint density at radius 3 is 2.60 bits per heavy atom. The van der Waals surface area contributed by atoms with Crippen molar-refractivity contribution < 1.29 is 4.79 Å². The van der Waals surface area contributed by atoms with E-state index in [-0.39, 0.29) is 11.9 Å². The van der Waals surface area contributed by atoms with Gasteiger partial charge < -0.3 is 15.5 Å². The molecule has 0 spiro atoms. The Morgan fingerprint density at radius 1 is 1.27 bits per heavy atom. The van der Waals surface area contributed by atoms with Crippen molar-refractivity contribution >= 4 is 5.91 Å². The molecule has 4 heteroatoms. The predicted octanol–water partition coefficient (Wildman–Crippen LogP) is -0.194. The van der Waals surface area contributed by atoms with E-state index in [2.05, 4.69) is 17.6 Å². The molecule has 86 valence electrons. The van der Waals surface area contributed by atoms with Gasteiger partial charge in [0.25, 0.3) is 0 Å². The number of amides is 1. The van der Waals surface area contributed by atoms with Gasteiger partial charge in [0.2, 0.25) is 5.91 Å². The highest BCUT2D eigenvalue weighted by atomic mass is 16.2. The van der Waals surface area contributed by atoms with Crippen LogP contribution in [-0.4, -0.2) is 49.6 Å². The summed E-state index contributed by atoms with van der Waals surface area (Å²) in [5.41, 5.74) is 0. The summed E-state index contributed by atoms with van der Waals surface area (Å²) in [4.78, 5) is 14.1. The van der Waals surface area contributed by atoms with Crippen molar-refractivity contribution in [3.05, 3.63) is 0 Å². The Labute approximate surface area is 91.4 Å². The van der Waals surface area contributed by atoms with E-state index in [0.717, 1.165) is 51.5 Å². The van der Waals surface area contributed by atoms with Crippen molar-refractivity contribution in [3.8, 4) is 0 Å². The number of rotatable bonds is 1. The maximum atomic E-state index is 12.1. The lowest BCUT2D eigenvalue weighted by Crippen LogP contribution is -2.57. The maximum Gasteiger partial charge on any atom is 0.241 e. The number of hydrogen-bond donors (Lipinski definition) is 2. The molecule has 1 atom stereocenters. The molecule has 2 saturated heterocycles. The predicted molar refractivity (Wildman–Crippen MR) is 59.6 cm³/mol. The largest absolute Gasteiger partial charge is 0.341 e. The van der Waals surface area contributed by atoms with Crippen molar-refractivity contribution in [1.82, 2.24) is 15.5 Å². The molecule has 2 fully saturated rings. The Morgan fingerprint density at radius 2 is 2.00 bits per heavy atom. The SMILES string of the molecule is CC1CCN(C(=O)C2CNCCN2)CC1. The first kappa shape index (κ1) is 10.9. The zero-order chi connectivity index (χ0) is 10.7. The summed E-state index contributed by atoms with van der Waals surface area (Å²) in [6.45, 7) is 6.81. The van der Waals surface area contributed by atoms with Gasteiger partial charge in [0.05, 0.1) is 6.04 Å². The Hall–Kier alpha value is -0.610. The molecule has 0 aromatic rings. The minimum atomic E-state index is 0.00663. The van der Waals surface area contributed by atoms with E-state index in [4.69, 9.17) is 0 Å². The summed E-state index contributed by atoms with van der Waals surface area (Å²) >= 11 is 0. The van der Waals surface area contributed by atoms with Crippen LogP contribution in [0.15, 0.2) is 0 Å². The average Bonchev–Trinajstić information content (AvgIpc) is 2.30. The molecule has 0 aliphatic carbocycles. The number of piperazine rings is 1.